The molecule has 1 aliphatic rings. The Hall–Kier alpha value is -2.78. The van der Waals surface area contributed by atoms with Crippen molar-refractivity contribution in [2.45, 2.75) is 20.0 Å². The van der Waals surface area contributed by atoms with Crippen LogP contribution in [-0.4, -0.2) is 44.9 Å². The van der Waals surface area contributed by atoms with Crippen molar-refractivity contribution in [3.05, 3.63) is 89.1 Å². The van der Waals surface area contributed by atoms with Crippen molar-refractivity contribution in [3.8, 4) is 0 Å². The Morgan fingerprint density at radius 3 is 2.50 bits per heavy atom. The Morgan fingerprint density at radius 1 is 1.16 bits per heavy atom. The van der Waals surface area contributed by atoms with Gasteiger partial charge in [0.05, 0.1) is 17.9 Å². The van der Waals surface area contributed by atoms with Gasteiger partial charge in [0.15, 0.2) is 5.69 Å². The fourth-order valence-electron chi connectivity index (χ4n) is 3.78. The van der Waals surface area contributed by atoms with Gasteiger partial charge in [-0.1, -0.05) is 30.3 Å². The fourth-order valence-corrected chi connectivity index (χ4v) is 5.29. The molecule has 1 aliphatic heterocycles. The summed E-state index contributed by atoms with van der Waals surface area (Å²) in [6, 6.07) is 13.5. The first-order valence-corrected chi connectivity index (χ1v) is 12.1. The van der Waals surface area contributed by atoms with Gasteiger partial charge in [0.2, 0.25) is 0 Å². The largest absolute Gasteiger partial charge is 0.462 e. The number of nitrogens with zero attached hydrogens (tertiary/aromatic N) is 1. The van der Waals surface area contributed by atoms with Gasteiger partial charge in [-0.3, -0.25) is 0 Å². The second-order valence-corrected chi connectivity index (χ2v) is 9.90. The number of sulfonamides is 1. The third-order valence-corrected chi connectivity index (χ3v) is 7.70. The van der Waals surface area contributed by atoms with Crippen LogP contribution in [0.1, 0.15) is 41.4 Å². The zero-order chi connectivity index (χ0) is 23.4. The maximum atomic E-state index is 13.2. The van der Waals surface area contributed by atoms with E-state index in [0.29, 0.717) is 22.4 Å². The maximum absolute atomic E-state index is 13.2. The van der Waals surface area contributed by atoms with Crippen LogP contribution in [-0.2, 0) is 14.8 Å². The van der Waals surface area contributed by atoms with Crippen LogP contribution in [0.4, 0.5) is 5.69 Å². The summed E-state index contributed by atoms with van der Waals surface area (Å²) >= 11 is 0. The summed E-state index contributed by atoms with van der Waals surface area (Å²) in [5.41, 5.74) is 8.40. The average molecular weight is 458 g/mol. The SMILES string of the molecule is CCOC(=O)c1cccc(C(O)c2cccc([N+]3(S(=O)(=O)CC)C=C(CN)C=CC3)c2)c1. The summed E-state index contributed by atoms with van der Waals surface area (Å²) in [4.78, 5) is 12.1. The zero-order valence-electron chi connectivity index (χ0n) is 18.3. The molecule has 2 aromatic rings. The first kappa shape index (κ1) is 23.9. The van der Waals surface area contributed by atoms with E-state index >= 15 is 0 Å². The summed E-state index contributed by atoms with van der Waals surface area (Å²) in [7, 11) is -3.60. The molecule has 2 unspecified atom stereocenters. The van der Waals surface area contributed by atoms with Crippen molar-refractivity contribution in [2.75, 3.05) is 25.4 Å². The van der Waals surface area contributed by atoms with E-state index in [4.69, 9.17) is 10.5 Å². The Kier molecular flexibility index (Phi) is 7.30. The van der Waals surface area contributed by atoms with Gasteiger partial charge >= 0.3 is 16.0 Å². The predicted octanol–water partition coefficient (Wildman–Crippen LogP) is 3.01. The summed E-state index contributed by atoms with van der Waals surface area (Å²) in [6.07, 6.45) is 4.26. The van der Waals surface area contributed by atoms with Crippen LogP contribution in [0.25, 0.3) is 0 Å². The molecule has 32 heavy (non-hydrogen) atoms. The van der Waals surface area contributed by atoms with E-state index < -0.39 is 26.0 Å². The van der Waals surface area contributed by atoms with Gasteiger partial charge < -0.3 is 15.6 Å². The lowest BCUT2D eigenvalue weighted by Gasteiger charge is -2.34. The number of quaternary nitrogens is 1. The Bertz CT molecular complexity index is 1160. The van der Waals surface area contributed by atoms with Crippen LogP contribution in [0.3, 0.4) is 0 Å². The maximum Gasteiger partial charge on any atom is 0.338 e. The topological polar surface area (TPSA) is 107 Å². The minimum absolute atomic E-state index is 0.0520. The first-order chi connectivity index (χ1) is 15.3. The van der Waals surface area contributed by atoms with Crippen molar-refractivity contribution in [1.82, 2.24) is 3.89 Å². The molecule has 0 spiro atoms. The van der Waals surface area contributed by atoms with Crippen LogP contribution < -0.4 is 9.62 Å². The summed E-state index contributed by atoms with van der Waals surface area (Å²) < 4.78 is 31.1. The second kappa shape index (κ2) is 9.79. The Morgan fingerprint density at radius 2 is 1.84 bits per heavy atom. The fraction of sp³-hybridized carbons (Fsp3) is 0.292. The number of hydrogen-bond acceptors (Lipinski definition) is 6. The normalized spacial score (nSPS) is 19.3. The van der Waals surface area contributed by atoms with Gasteiger partial charge in [-0.25, -0.2) is 4.79 Å². The standard InChI is InChI=1S/C24H29N2O5S/c1-3-31-24(28)21-11-5-9-19(14-21)23(27)20-10-6-12-22(15-20)26(32(29,30)4-2)13-7-8-18(16-25)17-26/h5-12,14-15,17,23,27H,3-4,13,16,25H2,1-2H3/q+1. The lowest BCUT2D eigenvalue weighted by Crippen LogP contribution is -2.51. The molecule has 2 atom stereocenters. The Labute approximate surface area is 189 Å². The third kappa shape index (κ3) is 4.54. The quantitative estimate of drug-likeness (QED) is 0.466. The van der Waals surface area contributed by atoms with Crippen LogP contribution >= 0.6 is 0 Å². The number of hydrogen-bond donors (Lipinski definition) is 2. The summed E-state index contributed by atoms with van der Waals surface area (Å²) in [6.45, 7) is 4.05. The van der Waals surface area contributed by atoms with Gasteiger partial charge in [-0.2, -0.15) is 12.3 Å². The summed E-state index contributed by atoms with van der Waals surface area (Å²) in [5, 5.41) is 11.0. The van der Waals surface area contributed by atoms with E-state index in [-0.39, 0.29) is 25.4 Å². The highest BCUT2D eigenvalue weighted by molar-refractivity contribution is 7.91. The molecule has 0 aromatic heterocycles. The van der Waals surface area contributed by atoms with Crippen LogP contribution in [0, 0.1) is 0 Å². The predicted molar refractivity (Wildman–Crippen MR) is 125 cm³/mol. The molecule has 0 bridgehead atoms. The first-order valence-electron chi connectivity index (χ1n) is 10.5. The van der Waals surface area contributed by atoms with Crippen molar-refractivity contribution >= 4 is 21.7 Å². The highest BCUT2D eigenvalue weighted by Crippen LogP contribution is 2.35. The van der Waals surface area contributed by atoms with Gasteiger partial charge in [0.1, 0.15) is 18.8 Å². The molecule has 7 nitrogen and oxygen atoms in total. The van der Waals surface area contributed by atoms with E-state index in [1.54, 1.807) is 74.7 Å². The number of nitrogens with two attached hydrogens (primary N) is 1. The number of aliphatic hydroxyl groups is 1. The van der Waals surface area contributed by atoms with Gasteiger partial charge in [-0.05, 0) is 43.2 Å². The molecule has 0 radical (unpaired) electrons. The van der Waals surface area contributed by atoms with Gasteiger partial charge in [-0.15, -0.1) is 0 Å². The zero-order valence-corrected chi connectivity index (χ0v) is 19.1. The van der Waals surface area contributed by atoms with Crippen LogP contribution in [0.5, 0.6) is 0 Å². The highest BCUT2D eigenvalue weighted by atomic mass is 32.2. The minimum Gasteiger partial charge on any atom is -0.462 e. The molecular formula is C24H29N2O5S+. The monoisotopic (exact) mass is 457 g/mol. The molecule has 3 rings (SSSR count). The number of carbonyl (C=O) groups is 1. The van der Waals surface area contributed by atoms with Crippen molar-refractivity contribution in [2.24, 2.45) is 5.73 Å². The molecule has 0 fully saturated rings. The molecule has 0 amide bonds. The molecule has 1 heterocycles. The molecule has 3 N–H and O–H groups in total. The van der Waals surface area contributed by atoms with Crippen molar-refractivity contribution in [1.29, 1.82) is 0 Å². The average Bonchev–Trinajstić information content (AvgIpc) is 2.83. The van der Waals surface area contributed by atoms with E-state index in [1.165, 1.54) is 0 Å². The Balaban J connectivity index is 2.06. The molecule has 2 aromatic carbocycles. The number of benzene rings is 2. The molecular weight excluding hydrogens is 428 g/mol. The van der Waals surface area contributed by atoms with E-state index in [0.717, 1.165) is 5.57 Å². The van der Waals surface area contributed by atoms with Crippen LogP contribution in [0.15, 0.2) is 72.5 Å². The molecule has 0 saturated heterocycles. The van der Waals surface area contributed by atoms with E-state index in [1.807, 2.05) is 6.08 Å². The van der Waals surface area contributed by atoms with Crippen LogP contribution in [0.2, 0.25) is 0 Å². The molecule has 0 saturated carbocycles. The van der Waals surface area contributed by atoms with Gasteiger partial charge in [0.25, 0.3) is 0 Å². The molecule has 8 heteroatoms. The van der Waals surface area contributed by atoms with Gasteiger partial charge in [0, 0.05) is 24.3 Å². The molecule has 170 valence electrons. The number of esters is 1. The number of aliphatic hydroxyl groups excluding tert-OH is 1. The van der Waals surface area contributed by atoms with Crippen molar-refractivity contribution < 1.29 is 23.1 Å². The van der Waals surface area contributed by atoms with Crippen molar-refractivity contribution in [3.63, 3.8) is 0 Å². The number of ether oxygens (including phenoxy) is 1. The number of carbonyl (C=O) groups excluding carboxylic acids is 1. The third-order valence-electron chi connectivity index (χ3n) is 5.52. The lowest BCUT2D eigenvalue weighted by atomic mass is 9.99. The summed E-state index contributed by atoms with van der Waals surface area (Å²) in [5.74, 6) is -0.516. The lowest BCUT2D eigenvalue weighted by molar-refractivity contribution is 0.0526. The molecule has 0 aliphatic carbocycles. The van der Waals surface area contributed by atoms with E-state index in [9.17, 15) is 18.3 Å². The number of rotatable bonds is 8. The minimum atomic E-state index is -3.60. The second-order valence-electron chi connectivity index (χ2n) is 7.50. The smallest absolute Gasteiger partial charge is 0.338 e. The highest BCUT2D eigenvalue weighted by Gasteiger charge is 2.42. The van der Waals surface area contributed by atoms with E-state index in [2.05, 4.69) is 0 Å².